The minimum absolute atomic E-state index is 0.01000. The fourth-order valence-electron chi connectivity index (χ4n) is 2.13. The molecule has 0 aliphatic heterocycles. The van der Waals surface area contributed by atoms with Gasteiger partial charge in [-0.1, -0.05) is 17.7 Å². The summed E-state index contributed by atoms with van der Waals surface area (Å²) in [6, 6.07) is 5.88. The molecule has 0 fully saturated rings. The van der Waals surface area contributed by atoms with Crippen LogP contribution in [-0.4, -0.2) is 20.4 Å². The molecular weight excluding hydrogens is 238 g/mol. The molecule has 0 amide bonds. The average molecular weight is 251 g/mol. The van der Waals surface area contributed by atoms with Crippen LogP contribution in [0.25, 0.3) is 5.52 Å². The van der Waals surface area contributed by atoms with Crippen LogP contribution in [0.15, 0.2) is 43.0 Å². The first-order chi connectivity index (χ1) is 9.16. The van der Waals surface area contributed by atoms with Crippen molar-refractivity contribution in [2.45, 2.75) is 13.8 Å². The van der Waals surface area contributed by atoms with Gasteiger partial charge in [0.15, 0.2) is 5.78 Å². The van der Waals surface area contributed by atoms with Crippen molar-refractivity contribution in [2.75, 3.05) is 0 Å². The van der Waals surface area contributed by atoms with Gasteiger partial charge in [-0.05, 0) is 25.5 Å². The van der Waals surface area contributed by atoms with E-state index in [9.17, 15) is 4.79 Å². The Balaban J connectivity index is 2.16. The van der Waals surface area contributed by atoms with Crippen molar-refractivity contribution in [1.82, 2.24) is 14.6 Å². The number of hydrogen-bond acceptors (Lipinski definition) is 3. The molecule has 4 nitrogen and oxygen atoms in total. The Bertz CT molecular complexity index is 774. The number of aryl methyl sites for hydroxylation is 2. The molecule has 0 N–H and O–H groups in total. The van der Waals surface area contributed by atoms with Crippen molar-refractivity contribution in [3.05, 3.63) is 65.2 Å². The zero-order valence-electron chi connectivity index (χ0n) is 10.8. The van der Waals surface area contributed by atoms with Gasteiger partial charge in [-0.15, -0.1) is 0 Å². The molecule has 2 aromatic heterocycles. The highest BCUT2D eigenvalue weighted by molar-refractivity contribution is 6.13. The van der Waals surface area contributed by atoms with E-state index < -0.39 is 0 Å². The smallest absolute Gasteiger partial charge is 0.197 e. The van der Waals surface area contributed by atoms with E-state index in [0.717, 1.165) is 22.2 Å². The van der Waals surface area contributed by atoms with Crippen LogP contribution in [0.3, 0.4) is 0 Å². The second-order valence-corrected chi connectivity index (χ2v) is 4.61. The maximum absolute atomic E-state index is 12.6. The molecule has 94 valence electrons. The van der Waals surface area contributed by atoms with Gasteiger partial charge in [0, 0.05) is 18.0 Å². The topological polar surface area (TPSA) is 47.3 Å². The van der Waals surface area contributed by atoms with E-state index in [4.69, 9.17) is 0 Å². The maximum Gasteiger partial charge on any atom is 0.197 e. The molecule has 4 heteroatoms. The summed E-state index contributed by atoms with van der Waals surface area (Å²) >= 11 is 0. The molecule has 0 bridgehead atoms. The zero-order valence-corrected chi connectivity index (χ0v) is 10.8. The van der Waals surface area contributed by atoms with Crippen LogP contribution in [-0.2, 0) is 0 Å². The van der Waals surface area contributed by atoms with Gasteiger partial charge in [0.05, 0.1) is 23.5 Å². The fourth-order valence-corrected chi connectivity index (χ4v) is 2.13. The number of carbonyl (C=O) groups is 1. The highest BCUT2D eigenvalue weighted by Crippen LogP contribution is 2.18. The van der Waals surface area contributed by atoms with Gasteiger partial charge >= 0.3 is 0 Å². The van der Waals surface area contributed by atoms with Crippen molar-refractivity contribution >= 4 is 11.3 Å². The molecule has 0 spiro atoms. The molecule has 0 radical (unpaired) electrons. The Morgan fingerprint density at radius 2 is 2.00 bits per heavy atom. The standard InChI is InChI=1S/C15H13N3O/c1-10-3-4-11(2)12(7-10)15(19)13-8-17-18-6-5-16-9-14(13)18/h3-9H,1-2H3. The molecule has 19 heavy (non-hydrogen) atoms. The van der Waals surface area contributed by atoms with Crippen LogP contribution in [0.2, 0.25) is 0 Å². The number of benzene rings is 1. The van der Waals surface area contributed by atoms with Crippen molar-refractivity contribution in [1.29, 1.82) is 0 Å². The van der Waals surface area contributed by atoms with Crippen molar-refractivity contribution in [3.63, 3.8) is 0 Å². The average Bonchev–Trinajstić information content (AvgIpc) is 2.84. The summed E-state index contributed by atoms with van der Waals surface area (Å²) in [5.74, 6) is -0.01000. The lowest BCUT2D eigenvalue weighted by atomic mass is 9.98. The van der Waals surface area contributed by atoms with Crippen LogP contribution in [0.4, 0.5) is 0 Å². The normalized spacial score (nSPS) is 10.8. The second-order valence-electron chi connectivity index (χ2n) is 4.61. The quantitative estimate of drug-likeness (QED) is 0.658. The third-order valence-corrected chi connectivity index (χ3v) is 3.21. The number of nitrogens with zero attached hydrogens (tertiary/aromatic N) is 3. The second kappa shape index (κ2) is 4.31. The first-order valence-electron chi connectivity index (χ1n) is 6.06. The number of fused-ring (bicyclic) bond motifs is 1. The van der Waals surface area contributed by atoms with Crippen LogP contribution in [0, 0.1) is 13.8 Å². The monoisotopic (exact) mass is 251 g/mol. The molecule has 2 heterocycles. The Morgan fingerprint density at radius 1 is 1.16 bits per heavy atom. The number of rotatable bonds is 2. The highest BCUT2D eigenvalue weighted by Gasteiger charge is 2.16. The molecule has 0 aliphatic carbocycles. The molecule has 3 rings (SSSR count). The zero-order chi connectivity index (χ0) is 13.4. The first-order valence-corrected chi connectivity index (χ1v) is 6.06. The molecule has 0 aliphatic rings. The molecule has 3 aromatic rings. The summed E-state index contributed by atoms with van der Waals surface area (Å²) in [5.41, 5.74) is 4.08. The SMILES string of the molecule is Cc1ccc(C)c(C(=O)c2cnn3ccncc23)c1. The van der Waals surface area contributed by atoms with E-state index in [1.165, 1.54) is 0 Å². The largest absolute Gasteiger partial charge is 0.288 e. The first kappa shape index (κ1) is 11.6. The molecular formula is C15H13N3O. The summed E-state index contributed by atoms with van der Waals surface area (Å²) in [5, 5.41) is 4.17. The fraction of sp³-hybridized carbons (Fsp3) is 0.133. The van der Waals surface area contributed by atoms with Crippen molar-refractivity contribution in [2.24, 2.45) is 0 Å². The third-order valence-electron chi connectivity index (χ3n) is 3.21. The lowest BCUT2D eigenvalue weighted by Crippen LogP contribution is -2.04. The summed E-state index contributed by atoms with van der Waals surface area (Å²) in [7, 11) is 0. The van der Waals surface area contributed by atoms with Gasteiger partial charge in [0.25, 0.3) is 0 Å². The minimum Gasteiger partial charge on any atom is -0.288 e. The van der Waals surface area contributed by atoms with E-state index in [0.29, 0.717) is 5.56 Å². The van der Waals surface area contributed by atoms with Gasteiger partial charge in [0.2, 0.25) is 0 Å². The lowest BCUT2D eigenvalue weighted by molar-refractivity contribution is 0.103. The van der Waals surface area contributed by atoms with E-state index in [-0.39, 0.29) is 5.78 Å². The lowest BCUT2D eigenvalue weighted by Gasteiger charge is -2.05. The van der Waals surface area contributed by atoms with E-state index in [1.54, 1.807) is 29.3 Å². The number of ketones is 1. The minimum atomic E-state index is -0.01000. The van der Waals surface area contributed by atoms with Gasteiger partial charge in [-0.2, -0.15) is 5.10 Å². The summed E-state index contributed by atoms with van der Waals surface area (Å²) in [4.78, 5) is 16.7. The molecule has 0 saturated carbocycles. The summed E-state index contributed by atoms with van der Waals surface area (Å²) in [6.45, 7) is 3.92. The van der Waals surface area contributed by atoms with E-state index >= 15 is 0 Å². The van der Waals surface area contributed by atoms with E-state index in [2.05, 4.69) is 10.1 Å². The van der Waals surface area contributed by atoms with Crippen molar-refractivity contribution < 1.29 is 4.79 Å². The number of aromatic nitrogens is 3. The molecule has 1 aromatic carbocycles. The maximum atomic E-state index is 12.6. The Kier molecular flexibility index (Phi) is 2.63. The van der Waals surface area contributed by atoms with Crippen LogP contribution >= 0.6 is 0 Å². The molecule has 0 unspecified atom stereocenters. The Labute approximate surface area is 110 Å². The summed E-state index contributed by atoms with van der Waals surface area (Å²) < 4.78 is 1.66. The van der Waals surface area contributed by atoms with Crippen molar-refractivity contribution in [3.8, 4) is 0 Å². The predicted molar refractivity (Wildman–Crippen MR) is 72.3 cm³/mol. The predicted octanol–water partition coefficient (Wildman–Crippen LogP) is 2.58. The van der Waals surface area contributed by atoms with Crippen LogP contribution in [0.1, 0.15) is 27.0 Å². The Hall–Kier alpha value is -2.49. The van der Waals surface area contributed by atoms with E-state index in [1.807, 2.05) is 32.0 Å². The Morgan fingerprint density at radius 3 is 2.84 bits per heavy atom. The number of carbonyl (C=O) groups excluding carboxylic acids is 1. The van der Waals surface area contributed by atoms with Crippen LogP contribution in [0.5, 0.6) is 0 Å². The number of hydrogen-bond donors (Lipinski definition) is 0. The molecule has 0 saturated heterocycles. The van der Waals surface area contributed by atoms with Crippen LogP contribution < -0.4 is 0 Å². The summed E-state index contributed by atoms with van der Waals surface area (Å²) in [6.07, 6.45) is 6.63. The van der Waals surface area contributed by atoms with Gasteiger partial charge < -0.3 is 0 Å². The van der Waals surface area contributed by atoms with Gasteiger partial charge in [0.1, 0.15) is 0 Å². The molecule has 0 atom stereocenters. The third kappa shape index (κ3) is 1.91. The van der Waals surface area contributed by atoms with Gasteiger partial charge in [-0.3, -0.25) is 9.78 Å². The van der Waals surface area contributed by atoms with Gasteiger partial charge in [-0.25, -0.2) is 4.52 Å². The highest BCUT2D eigenvalue weighted by atomic mass is 16.1.